The number of likely N-dealkylation sites (N-methyl/N-ethyl adjacent to an activating group) is 1. The highest BCUT2D eigenvalue weighted by atomic mass is 35.5. The van der Waals surface area contributed by atoms with Crippen molar-refractivity contribution in [1.82, 2.24) is 0 Å². The highest BCUT2D eigenvalue weighted by Crippen LogP contribution is 2.53. The fourth-order valence-electron chi connectivity index (χ4n) is 4.60. The fourth-order valence-corrected chi connectivity index (χ4v) is 4.91. The molecule has 5 nitrogen and oxygen atoms in total. The summed E-state index contributed by atoms with van der Waals surface area (Å²) in [6.45, 7) is 1.85. The van der Waals surface area contributed by atoms with Crippen LogP contribution in [0.2, 0.25) is 0 Å². The number of carbonyl (C=O) groups is 3. The Kier molecular flexibility index (Phi) is 5.24. The van der Waals surface area contributed by atoms with E-state index in [1.807, 2.05) is 36.4 Å². The van der Waals surface area contributed by atoms with Crippen molar-refractivity contribution in [1.29, 1.82) is 0 Å². The molecule has 1 amide bonds. The van der Waals surface area contributed by atoms with Crippen molar-refractivity contribution in [2.75, 3.05) is 18.6 Å². The van der Waals surface area contributed by atoms with Crippen molar-refractivity contribution >= 4 is 34.9 Å². The minimum atomic E-state index is -1.65. The Hall–Kier alpha value is -2.92. The normalized spacial score (nSPS) is 23.2. The van der Waals surface area contributed by atoms with E-state index in [1.54, 1.807) is 32.2 Å². The molecule has 2 aliphatic rings. The van der Waals surface area contributed by atoms with Crippen LogP contribution in [0.25, 0.3) is 0 Å². The number of ether oxygens (including phenoxy) is 1. The zero-order chi connectivity index (χ0) is 21.5. The highest BCUT2D eigenvalue weighted by Gasteiger charge is 2.64. The molecule has 1 aliphatic heterocycles. The molecule has 0 fully saturated rings. The van der Waals surface area contributed by atoms with Crippen LogP contribution in [0.3, 0.4) is 0 Å². The standard InChI is InChI=1S/C24H22ClNO4/c1-3-30-22(28)18-14-19(25)16(13-15-9-5-4-6-10-15)21(27)24(18)17-11-7-8-12-20(17)26(2)23(24)29/h4-12,18H,3,13-14H2,1-2H3. The van der Waals surface area contributed by atoms with Gasteiger partial charge in [-0.15, -0.1) is 0 Å². The predicted octanol–water partition coefficient (Wildman–Crippen LogP) is 3.79. The molecule has 4 rings (SSSR count). The largest absolute Gasteiger partial charge is 0.466 e. The smallest absolute Gasteiger partial charge is 0.311 e. The summed E-state index contributed by atoms with van der Waals surface area (Å²) in [5, 5.41) is 0.312. The summed E-state index contributed by atoms with van der Waals surface area (Å²) < 4.78 is 5.27. The van der Waals surface area contributed by atoms with E-state index in [2.05, 4.69) is 0 Å². The first-order valence-corrected chi connectivity index (χ1v) is 10.3. The fraction of sp³-hybridized carbons (Fsp3) is 0.292. The summed E-state index contributed by atoms with van der Waals surface area (Å²) in [7, 11) is 1.63. The minimum Gasteiger partial charge on any atom is -0.466 e. The quantitative estimate of drug-likeness (QED) is 0.554. The highest BCUT2D eigenvalue weighted by molar-refractivity contribution is 6.37. The molecule has 1 spiro atoms. The Morgan fingerprint density at radius 1 is 1.13 bits per heavy atom. The summed E-state index contributed by atoms with van der Waals surface area (Å²) in [5.41, 5.74) is 0.801. The molecule has 154 valence electrons. The number of halogens is 1. The first kappa shape index (κ1) is 20.4. The monoisotopic (exact) mass is 423 g/mol. The van der Waals surface area contributed by atoms with Crippen molar-refractivity contribution in [3.63, 3.8) is 0 Å². The Labute approximate surface area is 180 Å². The summed E-state index contributed by atoms with van der Waals surface area (Å²) in [6, 6.07) is 16.6. The molecule has 2 unspecified atom stereocenters. The van der Waals surface area contributed by atoms with Gasteiger partial charge in [-0.1, -0.05) is 60.1 Å². The van der Waals surface area contributed by atoms with E-state index in [-0.39, 0.29) is 13.0 Å². The third-order valence-electron chi connectivity index (χ3n) is 5.99. The molecule has 0 saturated carbocycles. The lowest BCUT2D eigenvalue weighted by atomic mass is 9.61. The van der Waals surface area contributed by atoms with Gasteiger partial charge in [-0.05, 0) is 25.0 Å². The van der Waals surface area contributed by atoms with Crippen LogP contribution in [-0.4, -0.2) is 31.3 Å². The molecule has 0 radical (unpaired) electrons. The Morgan fingerprint density at radius 2 is 1.80 bits per heavy atom. The van der Waals surface area contributed by atoms with Crippen molar-refractivity contribution in [3.8, 4) is 0 Å². The lowest BCUT2D eigenvalue weighted by Gasteiger charge is -2.38. The Bertz CT molecular complexity index is 1060. The number of rotatable bonds is 4. The molecule has 0 aromatic heterocycles. The van der Waals surface area contributed by atoms with Crippen LogP contribution in [0, 0.1) is 5.92 Å². The molecule has 0 N–H and O–H groups in total. The van der Waals surface area contributed by atoms with E-state index >= 15 is 0 Å². The minimum absolute atomic E-state index is 0.0855. The van der Waals surface area contributed by atoms with Crippen molar-refractivity contribution in [2.24, 2.45) is 5.92 Å². The zero-order valence-electron chi connectivity index (χ0n) is 16.9. The number of carbonyl (C=O) groups excluding carboxylic acids is 3. The Balaban J connectivity index is 1.91. The van der Waals surface area contributed by atoms with Crippen molar-refractivity contribution in [2.45, 2.75) is 25.2 Å². The third-order valence-corrected chi connectivity index (χ3v) is 6.38. The molecule has 1 heterocycles. The SMILES string of the molecule is CCOC(=O)C1CC(Cl)=C(Cc2ccccc2)C(=O)C12C(=O)N(C)c1ccccc12. The lowest BCUT2D eigenvalue weighted by molar-refractivity contribution is -0.156. The molecule has 1 aliphatic carbocycles. The zero-order valence-corrected chi connectivity index (χ0v) is 17.6. The van der Waals surface area contributed by atoms with E-state index in [0.29, 0.717) is 28.3 Å². The van der Waals surface area contributed by atoms with Gasteiger partial charge in [-0.2, -0.15) is 0 Å². The van der Waals surface area contributed by atoms with Gasteiger partial charge in [-0.3, -0.25) is 14.4 Å². The van der Waals surface area contributed by atoms with Gasteiger partial charge < -0.3 is 9.64 Å². The van der Waals surface area contributed by atoms with Gasteiger partial charge in [-0.25, -0.2) is 0 Å². The number of fused-ring (bicyclic) bond motifs is 2. The van der Waals surface area contributed by atoms with Crippen LogP contribution in [0.5, 0.6) is 0 Å². The molecule has 2 aromatic carbocycles. The molecule has 30 heavy (non-hydrogen) atoms. The second-order valence-electron chi connectivity index (χ2n) is 7.57. The third kappa shape index (κ3) is 2.88. The van der Waals surface area contributed by atoms with Crippen LogP contribution in [0.4, 0.5) is 5.69 Å². The lowest BCUT2D eigenvalue weighted by Crippen LogP contribution is -2.56. The summed E-state index contributed by atoms with van der Waals surface area (Å²) in [6.07, 6.45) is 0.386. The van der Waals surface area contributed by atoms with E-state index in [0.717, 1.165) is 5.56 Å². The molecule has 6 heteroatoms. The van der Waals surface area contributed by atoms with Gasteiger partial charge in [0.25, 0.3) is 0 Å². The van der Waals surface area contributed by atoms with Gasteiger partial charge in [0, 0.05) is 35.3 Å². The average Bonchev–Trinajstić information content (AvgIpc) is 2.98. The molecule has 0 bridgehead atoms. The second kappa shape index (κ2) is 7.73. The van der Waals surface area contributed by atoms with Crippen molar-refractivity contribution < 1.29 is 19.1 Å². The first-order chi connectivity index (χ1) is 14.4. The number of nitrogens with zero attached hydrogens (tertiary/aromatic N) is 1. The molecule has 2 aromatic rings. The van der Waals surface area contributed by atoms with Gasteiger partial charge in [0.2, 0.25) is 5.91 Å². The van der Waals surface area contributed by atoms with Crippen LogP contribution in [0.1, 0.15) is 24.5 Å². The number of esters is 1. The van der Waals surface area contributed by atoms with E-state index in [1.165, 1.54) is 4.90 Å². The number of Topliss-reactive ketones (excluding diaryl/α,β-unsaturated/α-hetero) is 1. The summed E-state index contributed by atoms with van der Waals surface area (Å²) in [5.74, 6) is -2.42. The summed E-state index contributed by atoms with van der Waals surface area (Å²) in [4.78, 5) is 42.0. The van der Waals surface area contributed by atoms with Crippen molar-refractivity contribution in [3.05, 3.63) is 76.3 Å². The van der Waals surface area contributed by atoms with E-state index in [9.17, 15) is 14.4 Å². The number of amides is 1. The number of benzene rings is 2. The van der Waals surface area contributed by atoms with Crippen LogP contribution < -0.4 is 4.90 Å². The van der Waals surface area contributed by atoms with Gasteiger partial charge in [0.05, 0.1) is 12.5 Å². The average molecular weight is 424 g/mol. The van der Waals surface area contributed by atoms with Crippen LogP contribution >= 0.6 is 11.6 Å². The first-order valence-electron chi connectivity index (χ1n) is 9.93. The molecule has 2 atom stereocenters. The molecular weight excluding hydrogens is 402 g/mol. The number of ketones is 1. The van der Waals surface area contributed by atoms with Gasteiger partial charge in [0.15, 0.2) is 11.2 Å². The maximum atomic E-state index is 14.0. The maximum absolute atomic E-state index is 14.0. The maximum Gasteiger partial charge on any atom is 0.311 e. The summed E-state index contributed by atoms with van der Waals surface area (Å²) >= 11 is 6.57. The number of anilines is 1. The predicted molar refractivity (Wildman–Crippen MR) is 114 cm³/mol. The van der Waals surface area contributed by atoms with Crippen LogP contribution in [-0.2, 0) is 31.0 Å². The van der Waals surface area contributed by atoms with Gasteiger partial charge in [0.1, 0.15) is 0 Å². The number of hydrogen-bond donors (Lipinski definition) is 0. The topological polar surface area (TPSA) is 63.7 Å². The number of para-hydroxylation sites is 1. The van der Waals surface area contributed by atoms with E-state index < -0.39 is 29.0 Å². The number of hydrogen-bond acceptors (Lipinski definition) is 4. The molecule has 0 saturated heterocycles. The van der Waals surface area contributed by atoms with Gasteiger partial charge >= 0.3 is 5.97 Å². The molecular formula is C24H22ClNO4. The van der Waals surface area contributed by atoms with E-state index in [4.69, 9.17) is 16.3 Å². The number of allylic oxidation sites excluding steroid dienone is 2. The van der Waals surface area contributed by atoms with Crippen LogP contribution in [0.15, 0.2) is 65.2 Å². The Morgan fingerprint density at radius 3 is 2.50 bits per heavy atom. The second-order valence-corrected chi connectivity index (χ2v) is 8.03.